The van der Waals surface area contributed by atoms with E-state index in [1.807, 2.05) is 6.07 Å². The summed E-state index contributed by atoms with van der Waals surface area (Å²) in [5.41, 5.74) is 0.191. The molecule has 1 atom stereocenters. The van der Waals surface area contributed by atoms with E-state index in [-0.39, 0.29) is 23.7 Å². The molecule has 1 unspecified atom stereocenters. The summed E-state index contributed by atoms with van der Waals surface area (Å²) in [7, 11) is 0. The Balaban J connectivity index is 1.64. The Morgan fingerprint density at radius 2 is 2.00 bits per heavy atom. The van der Waals surface area contributed by atoms with Gasteiger partial charge >= 0.3 is 6.03 Å². The summed E-state index contributed by atoms with van der Waals surface area (Å²) in [5.74, 6) is 0.226. The molecule has 2 aliphatic rings. The fourth-order valence-electron chi connectivity index (χ4n) is 4.17. The number of nitrogens with zero attached hydrogens (tertiary/aromatic N) is 1. The molecule has 3 rings (SSSR count). The van der Waals surface area contributed by atoms with Crippen molar-refractivity contribution in [3.05, 3.63) is 35.6 Å². The van der Waals surface area contributed by atoms with Crippen LogP contribution in [0.15, 0.2) is 24.3 Å². The molecule has 0 bridgehead atoms. The van der Waals surface area contributed by atoms with Gasteiger partial charge in [0.05, 0.1) is 0 Å². The molecule has 1 aromatic carbocycles. The van der Waals surface area contributed by atoms with Gasteiger partial charge in [0.25, 0.3) is 5.91 Å². The minimum absolute atomic E-state index is 0.136. The third-order valence-electron chi connectivity index (χ3n) is 5.66. The van der Waals surface area contributed by atoms with Gasteiger partial charge in [-0.2, -0.15) is 0 Å². The first-order valence-electron chi connectivity index (χ1n) is 9.49. The number of benzene rings is 1. The fraction of sp³-hybridized carbons (Fsp3) is 0.600. The van der Waals surface area contributed by atoms with E-state index in [0.29, 0.717) is 18.9 Å². The molecule has 0 radical (unpaired) electrons. The van der Waals surface area contributed by atoms with E-state index < -0.39 is 5.54 Å². The summed E-state index contributed by atoms with van der Waals surface area (Å²) in [6, 6.07) is 6.32. The van der Waals surface area contributed by atoms with Gasteiger partial charge in [-0.15, -0.1) is 0 Å². The Bertz CT molecular complexity index is 671. The molecule has 0 aliphatic carbocycles. The molecule has 0 saturated carbocycles. The Morgan fingerprint density at radius 3 is 2.58 bits per heavy atom. The first-order chi connectivity index (χ1) is 12.4. The molecule has 2 heterocycles. The van der Waals surface area contributed by atoms with Crippen LogP contribution in [0.4, 0.5) is 9.18 Å². The Morgan fingerprint density at radius 1 is 1.27 bits per heavy atom. The van der Waals surface area contributed by atoms with Crippen molar-refractivity contribution < 1.29 is 14.0 Å². The van der Waals surface area contributed by atoms with E-state index in [1.54, 1.807) is 12.1 Å². The van der Waals surface area contributed by atoms with E-state index in [4.69, 9.17) is 0 Å². The molecule has 0 spiro atoms. The third-order valence-corrected chi connectivity index (χ3v) is 5.66. The first kappa shape index (κ1) is 18.8. The van der Waals surface area contributed by atoms with Crippen LogP contribution in [-0.4, -0.2) is 35.5 Å². The number of rotatable bonds is 6. The van der Waals surface area contributed by atoms with Gasteiger partial charge in [-0.1, -0.05) is 26.0 Å². The van der Waals surface area contributed by atoms with Crippen LogP contribution in [0.1, 0.15) is 45.1 Å². The van der Waals surface area contributed by atoms with E-state index in [2.05, 4.69) is 29.4 Å². The highest BCUT2D eigenvalue weighted by Gasteiger charge is 2.51. The first-order valence-corrected chi connectivity index (χ1v) is 9.49. The summed E-state index contributed by atoms with van der Waals surface area (Å²) in [4.78, 5) is 26.7. The number of urea groups is 1. The van der Waals surface area contributed by atoms with E-state index in [1.165, 1.54) is 6.07 Å². The number of imide groups is 1. The molecule has 2 N–H and O–H groups in total. The standard InChI is InChI=1S/C20H28FN3O2/c1-14(2)6-9-20(18(25)22-19(26)23-20)16-7-10-24(11-8-16)13-15-4-3-5-17(21)12-15/h3-5,12,14,16H,6-11,13H2,1-2H3,(H2,22,23,25,26). The van der Waals surface area contributed by atoms with Crippen LogP contribution in [0.3, 0.4) is 0 Å². The number of likely N-dealkylation sites (tertiary alicyclic amines) is 1. The highest BCUT2D eigenvalue weighted by atomic mass is 19.1. The second kappa shape index (κ2) is 7.74. The van der Waals surface area contributed by atoms with Crippen molar-refractivity contribution in [2.24, 2.45) is 11.8 Å². The lowest BCUT2D eigenvalue weighted by Gasteiger charge is -2.41. The minimum atomic E-state index is -0.772. The van der Waals surface area contributed by atoms with Crippen molar-refractivity contribution in [1.82, 2.24) is 15.5 Å². The summed E-state index contributed by atoms with van der Waals surface area (Å²) < 4.78 is 13.4. The number of nitrogens with one attached hydrogen (secondary N) is 2. The zero-order valence-corrected chi connectivity index (χ0v) is 15.6. The minimum Gasteiger partial charge on any atom is -0.323 e. The van der Waals surface area contributed by atoms with Crippen LogP contribution in [-0.2, 0) is 11.3 Å². The van der Waals surface area contributed by atoms with Crippen LogP contribution >= 0.6 is 0 Å². The largest absolute Gasteiger partial charge is 0.323 e. The van der Waals surface area contributed by atoms with Crippen molar-refractivity contribution in [2.45, 2.75) is 51.6 Å². The lowest BCUT2D eigenvalue weighted by Crippen LogP contribution is -2.56. The number of piperidine rings is 1. The number of hydrogen-bond donors (Lipinski definition) is 2. The van der Waals surface area contributed by atoms with Crippen LogP contribution in [0.5, 0.6) is 0 Å². The van der Waals surface area contributed by atoms with Gasteiger partial charge in [0.1, 0.15) is 11.4 Å². The maximum absolute atomic E-state index is 13.4. The van der Waals surface area contributed by atoms with Gasteiger partial charge in [0.15, 0.2) is 0 Å². The zero-order valence-electron chi connectivity index (χ0n) is 15.6. The molecule has 3 amide bonds. The Kier molecular flexibility index (Phi) is 5.61. The van der Waals surface area contributed by atoms with Crippen LogP contribution in [0.2, 0.25) is 0 Å². The van der Waals surface area contributed by atoms with Crippen molar-refractivity contribution in [3.8, 4) is 0 Å². The highest BCUT2D eigenvalue weighted by Crippen LogP contribution is 2.35. The van der Waals surface area contributed by atoms with Gasteiger partial charge in [-0.3, -0.25) is 15.0 Å². The van der Waals surface area contributed by atoms with Crippen molar-refractivity contribution in [1.29, 1.82) is 0 Å². The maximum Gasteiger partial charge on any atom is 0.322 e. The molecule has 2 fully saturated rings. The quantitative estimate of drug-likeness (QED) is 0.766. The molecule has 2 saturated heterocycles. The molecule has 26 heavy (non-hydrogen) atoms. The van der Waals surface area contributed by atoms with Gasteiger partial charge in [-0.05, 0) is 68.3 Å². The van der Waals surface area contributed by atoms with Crippen LogP contribution < -0.4 is 10.6 Å². The lowest BCUT2D eigenvalue weighted by molar-refractivity contribution is -0.127. The van der Waals surface area contributed by atoms with E-state index in [9.17, 15) is 14.0 Å². The molecule has 142 valence electrons. The highest BCUT2D eigenvalue weighted by molar-refractivity contribution is 6.07. The molecule has 0 aromatic heterocycles. The van der Waals surface area contributed by atoms with E-state index >= 15 is 0 Å². The summed E-state index contributed by atoms with van der Waals surface area (Å²) in [6.07, 6.45) is 3.27. The second-order valence-electron chi connectivity index (χ2n) is 7.99. The molecular formula is C20H28FN3O2. The number of hydrogen-bond acceptors (Lipinski definition) is 3. The Labute approximate surface area is 154 Å². The SMILES string of the molecule is CC(C)CCC1(C2CCN(Cc3cccc(F)c3)CC2)NC(=O)NC1=O. The Hall–Kier alpha value is -1.95. The molecular weight excluding hydrogens is 333 g/mol. The smallest absolute Gasteiger partial charge is 0.322 e. The summed E-state index contributed by atoms with van der Waals surface area (Å²) in [5, 5.41) is 5.39. The van der Waals surface area contributed by atoms with Gasteiger partial charge in [0.2, 0.25) is 0 Å². The monoisotopic (exact) mass is 361 g/mol. The molecule has 6 heteroatoms. The number of amides is 3. The van der Waals surface area contributed by atoms with Crippen LogP contribution in [0.25, 0.3) is 0 Å². The lowest BCUT2D eigenvalue weighted by atomic mass is 9.74. The van der Waals surface area contributed by atoms with Gasteiger partial charge in [0, 0.05) is 6.54 Å². The summed E-state index contributed by atoms with van der Waals surface area (Å²) in [6.45, 7) is 6.65. The summed E-state index contributed by atoms with van der Waals surface area (Å²) >= 11 is 0. The normalized spacial score (nSPS) is 24.8. The molecule has 5 nitrogen and oxygen atoms in total. The fourth-order valence-corrected chi connectivity index (χ4v) is 4.17. The number of carbonyl (C=O) groups excluding carboxylic acids is 2. The van der Waals surface area contributed by atoms with Crippen LogP contribution in [0, 0.1) is 17.7 Å². The number of halogens is 1. The van der Waals surface area contributed by atoms with Gasteiger partial charge in [-0.25, -0.2) is 9.18 Å². The van der Waals surface area contributed by atoms with Crippen molar-refractivity contribution in [3.63, 3.8) is 0 Å². The zero-order chi connectivity index (χ0) is 18.7. The number of carbonyl (C=O) groups is 2. The maximum atomic E-state index is 13.4. The second-order valence-corrected chi connectivity index (χ2v) is 7.99. The van der Waals surface area contributed by atoms with Crippen molar-refractivity contribution >= 4 is 11.9 Å². The predicted molar refractivity (Wildman–Crippen MR) is 97.9 cm³/mol. The molecule has 2 aliphatic heterocycles. The van der Waals surface area contributed by atoms with Gasteiger partial charge < -0.3 is 5.32 Å². The molecule has 1 aromatic rings. The van der Waals surface area contributed by atoms with E-state index in [0.717, 1.165) is 37.9 Å². The third kappa shape index (κ3) is 4.06. The average Bonchev–Trinajstić information content (AvgIpc) is 2.88. The average molecular weight is 361 g/mol. The topological polar surface area (TPSA) is 61.4 Å². The van der Waals surface area contributed by atoms with Crippen molar-refractivity contribution in [2.75, 3.05) is 13.1 Å². The predicted octanol–water partition coefficient (Wildman–Crippen LogP) is 3.05.